The fraction of sp³-hybridized carbons (Fsp3) is 0.370. The second-order valence-corrected chi connectivity index (χ2v) is 9.52. The predicted molar refractivity (Wildman–Crippen MR) is 134 cm³/mol. The molecule has 0 saturated carbocycles. The third-order valence-electron chi connectivity index (χ3n) is 5.99. The Morgan fingerprint density at radius 3 is 2.61 bits per heavy atom. The molecule has 3 aromatic rings. The minimum absolute atomic E-state index is 0.0634. The topological polar surface area (TPSA) is 103 Å². The number of methoxy groups -OCH3 is 2. The molecule has 0 bridgehead atoms. The highest BCUT2D eigenvalue weighted by Crippen LogP contribution is 2.37. The zero-order valence-corrected chi connectivity index (χ0v) is 21.2. The second kappa shape index (κ2) is 10.3. The molecule has 190 valence electrons. The Kier molecular flexibility index (Phi) is 7.19. The van der Waals surface area contributed by atoms with Crippen molar-refractivity contribution >= 4 is 17.5 Å². The van der Waals surface area contributed by atoms with Crippen molar-refractivity contribution in [2.45, 2.75) is 39.2 Å². The maximum absolute atomic E-state index is 12.7. The van der Waals surface area contributed by atoms with Crippen LogP contribution in [0.4, 0.5) is 5.69 Å². The minimum Gasteiger partial charge on any atom is -0.493 e. The molecule has 0 spiro atoms. The molecule has 0 atom stereocenters. The SMILES string of the molecule is COc1ccc(CCNC(=O)c2coc(CN3C(=O)COc4ccc(C(C)(C)C)cc43)n2)cc1OC. The number of amides is 2. The van der Waals surface area contributed by atoms with Gasteiger partial charge in [0.05, 0.1) is 19.9 Å². The van der Waals surface area contributed by atoms with E-state index in [1.165, 1.54) is 6.26 Å². The predicted octanol–water partition coefficient (Wildman–Crippen LogP) is 3.89. The lowest BCUT2D eigenvalue weighted by Crippen LogP contribution is -2.38. The number of benzene rings is 2. The molecule has 0 fully saturated rings. The molecule has 0 radical (unpaired) electrons. The second-order valence-electron chi connectivity index (χ2n) is 9.52. The van der Waals surface area contributed by atoms with Gasteiger partial charge in [0.15, 0.2) is 23.8 Å². The number of fused-ring (bicyclic) bond motifs is 1. The summed E-state index contributed by atoms with van der Waals surface area (Å²) in [7, 11) is 3.17. The Morgan fingerprint density at radius 1 is 1.11 bits per heavy atom. The molecule has 0 unspecified atom stereocenters. The van der Waals surface area contributed by atoms with Crippen molar-refractivity contribution in [2.75, 3.05) is 32.3 Å². The van der Waals surface area contributed by atoms with Crippen LogP contribution in [-0.4, -0.2) is 44.2 Å². The van der Waals surface area contributed by atoms with E-state index in [9.17, 15) is 9.59 Å². The number of hydrogen-bond donors (Lipinski definition) is 1. The molecule has 0 aliphatic carbocycles. The van der Waals surface area contributed by atoms with Crippen molar-refractivity contribution < 1.29 is 28.2 Å². The third kappa shape index (κ3) is 5.45. The molecule has 2 heterocycles. The Labute approximate surface area is 210 Å². The summed E-state index contributed by atoms with van der Waals surface area (Å²) in [6, 6.07) is 11.5. The average Bonchev–Trinajstić information content (AvgIpc) is 3.33. The first-order chi connectivity index (χ1) is 17.2. The fourth-order valence-electron chi connectivity index (χ4n) is 3.91. The van der Waals surface area contributed by atoms with Crippen molar-refractivity contribution in [2.24, 2.45) is 0 Å². The van der Waals surface area contributed by atoms with Gasteiger partial charge in [0.1, 0.15) is 18.6 Å². The lowest BCUT2D eigenvalue weighted by Gasteiger charge is -2.30. The molecule has 36 heavy (non-hydrogen) atoms. The van der Waals surface area contributed by atoms with E-state index < -0.39 is 0 Å². The number of nitrogens with one attached hydrogen (secondary N) is 1. The summed E-state index contributed by atoms with van der Waals surface area (Å²) in [6.45, 7) is 6.76. The Morgan fingerprint density at radius 2 is 1.89 bits per heavy atom. The summed E-state index contributed by atoms with van der Waals surface area (Å²) < 4.78 is 21.7. The van der Waals surface area contributed by atoms with Gasteiger partial charge >= 0.3 is 0 Å². The van der Waals surface area contributed by atoms with Crippen LogP contribution in [-0.2, 0) is 23.2 Å². The normalized spacial score (nSPS) is 13.1. The van der Waals surface area contributed by atoms with Crippen LogP contribution < -0.4 is 24.4 Å². The molecule has 9 nitrogen and oxygen atoms in total. The zero-order chi connectivity index (χ0) is 25.9. The summed E-state index contributed by atoms with van der Waals surface area (Å²) in [4.78, 5) is 31.2. The van der Waals surface area contributed by atoms with Crippen LogP contribution in [0.3, 0.4) is 0 Å². The summed E-state index contributed by atoms with van der Waals surface area (Å²) >= 11 is 0. The van der Waals surface area contributed by atoms with E-state index in [0.29, 0.717) is 35.9 Å². The number of rotatable bonds is 8. The van der Waals surface area contributed by atoms with Crippen LogP contribution in [0.1, 0.15) is 48.3 Å². The van der Waals surface area contributed by atoms with Crippen molar-refractivity contribution in [3.63, 3.8) is 0 Å². The molecule has 2 amide bonds. The summed E-state index contributed by atoms with van der Waals surface area (Å²) in [5.74, 6) is 1.62. The number of carbonyl (C=O) groups excluding carboxylic acids is 2. The van der Waals surface area contributed by atoms with Gasteiger partial charge in [-0.05, 0) is 47.2 Å². The lowest BCUT2D eigenvalue weighted by atomic mass is 9.86. The molecular formula is C27H31N3O6. The molecule has 1 aliphatic rings. The highest BCUT2D eigenvalue weighted by atomic mass is 16.5. The van der Waals surface area contributed by atoms with E-state index in [4.69, 9.17) is 18.6 Å². The number of hydrogen-bond acceptors (Lipinski definition) is 7. The van der Waals surface area contributed by atoms with E-state index in [2.05, 4.69) is 31.1 Å². The van der Waals surface area contributed by atoms with Crippen LogP contribution in [0.25, 0.3) is 0 Å². The number of carbonyl (C=O) groups is 2. The van der Waals surface area contributed by atoms with Gasteiger partial charge in [-0.25, -0.2) is 4.98 Å². The number of anilines is 1. The smallest absolute Gasteiger partial charge is 0.273 e. The zero-order valence-electron chi connectivity index (χ0n) is 21.2. The van der Waals surface area contributed by atoms with Gasteiger partial charge in [0, 0.05) is 6.54 Å². The molecule has 4 rings (SSSR count). The fourth-order valence-corrected chi connectivity index (χ4v) is 3.91. The van der Waals surface area contributed by atoms with Gasteiger partial charge in [-0.15, -0.1) is 0 Å². The number of oxazole rings is 1. The Bertz CT molecular complexity index is 1260. The highest BCUT2D eigenvalue weighted by Gasteiger charge is 2.29. The monoisotopic (exact) mass is 493 g/mol. The number of nitrogens with zero attached hydrogens (tertiary/aromatic N) is 2. The first kappa shape index (κ1) is 25.1. The maximum atomic E-state index is 12.7. The van der Waals surface area contributed by atoms with Gasteiger partial charge in [-0.1, -0.05) is 32.9 Å². The minimum atomic E-state index is -0.353. The van der Waals surface area contributed by atoms with Crippen molar-refractivity contribution in [1.82, 2.24) is 10.3 Å². The molecule has 1 aliphatic heterocycles. The first-order valence-corrected chi connectivity index (χ1v) is 11.7. The lowest BCUT2D eigenvalue weighted by molar-refractivity contribution is -0.121. The van der Waals surface area contributed by atoms with Crippen LogP contribution in [0.15, 0.2) is 47.1 Å². The average molecular weight is 494 g/mol. The first-order valence-electron chi connectivity index (χ1n) is 11.7. The molecule has 2 aromatic carbocycles. The maximum Gasteiger partial charge on any atom is 0.273 e. The third-order valence-corrected chi connectivity index (χ3v) is 5.99. The Balaban J connectivity index is 1.40. The standard InChI is InChI=1S/C27H31N3O6/c1-27(2,3)18-7-9-21-20(13-18)30(25(31)16-35-21)14-24-29-19(15-36-24)26(32)28-11-10-17-6-8-22(33-4)23(12-17)34-5/h6-9,12-13,15H,10-11,14,16H2,1-5H3,(H,28,32). The van der Waals surface area contributed by atoms with Gasteiger partial charge < -0.3 is 23.9 Å². The van der Waals surface area contributed by atoms with Crippen molar-refractivity contribution in [1.29, 1.82) is 0 Å². The van der Waals surface area contributed by atoms with E-state index in [-0.39, 0.29) is 42.0 Å². The van der Waals surface area contributed by atoms with Crippen LogP contribution in [0, 0.1) is 0 Å². The van der Waals surface area contributed by atoms with Crippen LogP contribution >= 0.6 is 0 Å². The van der Waals surface area contributed by atoms with Gasteiger partial charge in [-0.3, -0.25) is 14.5 Å². The summed E-state index contributed by atoms with van der Waals surface area (Å²) in [5, 5.41) is 2.84. The molecule has 1 N–H and O–H groups in total. The van der Waals surface area contributed by atoms with Crippen molar-refractivity contribution in [3.05, 3.63) is 65.4 Å². The van der Waals surface area contributed by atoms with E-state index in [0.717, 1.165) is 11.1 Å². The van der Waals surface area contributed by atoms with Crippen LogP contribution in [0.5, 0.6) is 17.2 Å². The van der Waals surface area contributed by atoms with E-state index in [1.54, 1.807) is 19.1 Å². The number of ether oxygens (including phenoxy) is 3. The van der Waals surface area contributed by atoms with E-state index in [1.807, 2.05) is 36.4 Å². The van der Waals surface area contributed by atoms with Gasteiger partial charge in [0.2, 0.25) is 5.89 Å². The van der Waals surface area contributed by atoms with Gasteiger partial charge in [0.25, 0.3) is 11.8 Å². The molecular weight excluding hydrogens is 462 g/mol. The summed E-state index contributed by atoms with van der Waals surface area (Å²) in [5.41, 5.74) is 2.80. The number of aromatic nitrogens is 1. The highest BCUT2D eigenvalue weighted by molar-refractivity contribution is 5.98. The summed E-state index contributed by atoms with van der Waals surface area (Å²) in [6.07, 6.45) is 1.91. The van der Waals surface area contributed by atoms with Crippen LogP contribution in [0.2, 0.25) is 0 Å². The Hall–Kier alpha value is -4.01. The molecule has 9 heteroatoms. The van der Waals surface area contributed by atoms with E-state index >= 15 is 0 Å². The van der Waals surface area contributed by atoms with Crippen molar-refractivity contribution in [3.8, 4) is 17.2 Å². The quantitative estimate of drug-likeness (QED) is 0.508. The molecule has 0 saturated heterocycles. The van der Waals surface area contributed by atoms with Gasteiger partial charge in [-0.2, -0.15) is 0 Å². The largest absolute Gasteiger partial charge is 0.493 e. The molecule has 1 aromatic heterocycles.